The number of rotatable bonds is 5. The zero-order chi connectivity index (χ0) is 14.3. The van der Waals surface area contributed by atoms with E-state index in [0.29, 0.717) is 11.8 Å². The third kappa shape index (κ3) is 2.26. The average Bonchev–Trinajstić information content (AvgIpc) is 2.44. The van der Waals surface area contributed by atoms with E-state index >= 15 is 0 Å². The fourth-order valence-electron chi connectivity index (χ4n) is 4.97. The molecule has 0 atom stereocenters. The molecule has 4 aliphatic rings. The Kier molecular flexibility index (Phi) is 3.77. The first-order valence-electron chi connectivity index (χ1n) is 7.75. The van der Waals surface area contributed by atoms with Crippen molar-refractivity contribution in [3.05, 3.63) is 0 Å². The Morgan fingerprint density at radius 3 is 1.75 bits per heavy atom. The largest absolute Gasteiger partial charge is 0.394 e. The van der Waals surface area contributed by atoms with Crippen LogP contribution in [0.25, 0.3) is 0 Å². The number of nitrogens with one attached hydrogen (secondary N) is 1. The lowest BCUT2D eigenvalue weighted by atomic mass is 9.51. The summed E-state index contributed by atoms with van der Waals surface area (Å²) in [5.41, 5.74) is -1.29. The Balaban J connectivity index is 1.71. The second-order valence-corrected chi connectivity index (χ2v) is 7.20. The maximum atomic E-state index is 12.6. The van der Waals surface area contributed by atoms with Crippen molar-refractivity contribution in [2.75, 3.05) is 19.8 Å². The quantitative estimate of drug-likeness (QED) is 0.567. The third-order valence-electron chi connectivity index (χ3n) is 5.83. The molecule has 4 N–H and O–H groups in total. The van der Waals surface area contributed by atoms with Gasteiger partial charge in [-0.05, 0) is 55.8 Å². The molecule has 5 heteroatoms. The van der Waals surface area contributed by atoms with Crippen LogP contribution in [-0.4, -0.2) is 46.6 Å². The number of aliphatic hydroxyl groups is 3. The van der Waals surface area contributed by atoms with Crippen molar-refractivity contribution in [2.45, 2.75) is 37.6 Å². The summed E-state index contributed by atoms with van der Waals surface area (Å²) in [6.45, 7) is -1.34. The van der Waals surface area contributed by atoms with Gasteiger partial charge >= 0.3 is 0 Å². The highest BCUT2D eigenvalue weighted by atomic mass is 16.3. The Bertz CT molecular complexity index is 344. The predicted octanol–water partition coefficient (Wildman–Crippen LogP) is -0.109. The number of hydrogen-bond acceptors (Lipinski definition) is 4. The highest BCUT2D eigenvalue weighted by molar-refractivity contribution is 5.80. The summed E-state index contributed by atoms with van der Waals surface area (Å²) >= 11 is 0. The molecule has 20 heavy (non-hydrogen) atoms. The number of hydrogen-bond donors (Lipinski definition) is 4. The van der Waals surface area contributed by atoms with Crippen LogP contribution >= 0.6 is 0 Å². The van der Waals surface area contributed by atoms with Crippen molar-refractivity contribution in [1.29, 1.82) is 0 Å². The van der Waals surface area contributed by atoms with Crippen molar-refractivity contribution in [3.63, 3.8) is 0 Å². The molecule has 0 radical (unpaired) electrons. The minimum Gasteiger partial charge on any atom is -0.394 e. The monoisotopic (exact) mass is 283 g/mol. The number of carbonyl (C=O) groups is 1. The second-order valence-electron chi connectivity index (χ2n) is 7.20. The van der Waals surface area contributed by atoms with Crippen molar-refractivity contribution in [2.24, 2.45) is 29.6 Å². The predicted molar refractivity (Wildman–Crippen MR) is 72.7 cm³/mol. The SMILES string of the molecule is O=C(NC(CO)(CO)CO)C1C2CC3CC(C2)CC1C3. The van der Waals surface area contributed by atoms with E-state index in [4.69, 9.17) is 0 Å². The van der Waals surface area contributed by atoms with Crippen LogP contribution in [-0.2, 0) is 4.79 Å². The normalized spacial score (nSPS) is 39.0. The third-order valence-corrected chi connectivity index (χ3v) is 5.83. The Hall–Kier alpha value is -0.650. The van der Waals surface area contributed by atoms with Crippen LogP contribution in [0, 0.1) is 29.6 Å². The first-order valence-corrected chi connectivity index (χ1v) is 7.75. The minimum atomic E-state index is -1.29. The molecular weight excluding hydrogens is 258 g/mol. The van der Waals surface area contributed by atoms with Gasteiger partial charge in [-0.15, -0.1) is 0 Å². The van der Waals surface area contributed by atoms with Gasteiger partial charge in [0.2, 0.25) is 5.91 Å². The molecule has 0 aromatic heterocycles. The van der Waals surface area contributed by atoms with E-state index in [-0.39, 0.29) is 11.8 Å². The molecule has 4 aliphatic carbocycles. The Morgan fingerprint density at radius 1 is 0.900 bits per heavy atom. The molecule has 114 valence electrons. The van der Waals surface area contributed by atoms with Gasteiger partial charge in [0.1, 0.15) is 5.54 Å². The minimum absolute atomic E-state index is 0.00632. The Labute approximate surface area is 119 Å². The molecule has 1 amide bonds. The Morgan fingerprint density at radius 2 is 1.35 bits per heavy atom. The van der Waals surface area contributed by atoms with Gasteiger partial charge in [0.15, 0.2) is 0 Å². The molecule has 0 aromatic carbocycles. The first-order chi connectivity index (χ1) is 9.60. The van der Waals surface area contributed by atoms with Gasteiger partial charge in [-0.3, -0.25) is 4.79 Å². The summed E-state index contributed by atoms with van der Waals surface area (Å²) in [6, 6.07) is 0. The second kappa shape index (κ2) is 5.28. The van der Waals surface area contributed by atoms with E-state index in [9.17, 15) is 20.1 Å². The molecule has 0 aliphatic heterocycles. The van der Waals surface area contributed by atoms with Crippen LogP contribution in [0.5, 0.6) is 0 Å². The molecule has 0 aromatic rings. The van der Waals surface area contributed by atoms with Gasteiger partial charge in [0, 0.05) is 5.92 Å². The highest BCUT2D eigenvalue weighted by Gasteiger charge is 2.51. The zero-order valence-electron chi connectivity index (χ0n) is 11.8. The molecule has 0 spiro atoms. The molecule has 0 heterocycles. The lowest BCUT2D eigenvalue weighted by Crippen LogP contribution is -2.61. The van der Waals surface area contributed by atoms with E-state index in [1.807, 2.05) is 0 Å². The maximum Gasteiger partial charge on any atom is 0.224 e. The first kappa shape index (κ1) is 14.3. The van der Waals surface area contributed by atoms with E-state index in [1.54, 1.807) is 0 Å². The number of aliphatic hydroxyl groups excluding tert-OH is 3. The van der Waals surface area contributed by atoms with E-state index in [2.05, 4.69) is 5.32 Å². The number of amides is 1. The summed E-state index contributed by atoms with van der Waals surface area (Å²) < 4.78 is 0. The van der Waals surface area contributed by atoms with Crippen LogP contribution in [0.2, 0.25) is 0 Å². The lowest BCUT2D eigenvalue weighted by molar-refractivity contribution is -0.142. The summed E-state index contributed by atoms with van der Waals surface area (Å²) in [5, 5.41) is 30.7. The molecule has 4 bridgehead atoms. The molecule has 4 fully saturated rings. The summed E-state index contributed by atoms with van der Waals surface area (Å²) in [7, 11) is 0. The maximum absolute atomic E-state index is 12.6. The standard InChI is InChI=1S/C15H25NO4/c17-6-15(7-18,8-19)16-14(20)13-11-2-9-1-10(4-11)5-12(13)3-9/h9-13,17-19H,1-8H2,(H,16,20). The van der Waals surface area contributed by atoms with Crippen LogP contribution in [0.15, 0.2) is 0 Å². The van der Waals surface area contributed by atoms with E-state index in [0.717, 1.165) is 37.5 Å². The van der Waals surface area contributed by atoms with Crippen LogP contribution in [0.3, 0.4) is 0 Å². The van der Waals surface area contributed by atoms with Gasteiger partial charge in [0.05, 0.1) is 19.8 Å². The van der Waals surface area contributed by atoms with Crippen molar-refractivity contribution in [3.8, 4) is 0 Å². The lowest BCUT2D eigenvalue weighted by Gasteiger charge is -2.54. The van der Waals surface area contributed by atoms with Crippen LogP contribution in [0.4, 0.5) is 0 Å². The van der Waals surface area contributed by atoms with Crippen LogP contribution < -0.4 is 5.32 Å². The summed E-state index contributed by atoms with van der Waals surface area (Å²) in [4.78, 5) is 12.6. The van der Waals surface area contributed by atoms with Crippen molar-refractivity contribution in [1.82, 2.24) is 5.32 Å². The molecule has 4 rings (SSSR count). The van der Waals surface area contributed by atoms with Gasteiger partial charge in [-0.2, -0.15) is 0 Å². The van der Waals surface area contributed by atoms with E-state index in [1.165, 1.54) is 6.42 Å². The average molecular weight is 283 g/mol. The molecule has 5 nitrogen and oxygen atoms in total. The summed E-state index contributed by atoms with van der Waals surface area (Å²) in [5.74, 6) is 2.45. The summed E-state index contributed by atoms with van der Waals surface area (Å²) in [6.07, 6.45) is 5.94. The molecule has 4 saturated carbocycles. The highest BCUT2D eigenvalue weighted by Crippen LogP contribution is 2.56. The van der Waals surface area contributed by atoms with Crippen molar-refractivity contribution >= 4 is 5.91 Å². The zero-order valence-corrected chi connectivity index (χ0v) is 11.8. The van der Waals surface area contributed by atoms with Gasteiger partial charge in [-0.25, -0.2) is 0 Å². The molecular formula is C15H25NO4. The van der Waals surface area contributed by atoms with Crippen molar-refractivity contribution < 1.29 is 20.1 Å². The van der Waals surface area contributed by atoms with E-state index < -0.39 is 25.4 Å². The smallest absolute Gasteiger partial charge is 0.224 e. The van der Waals surface area contributed by atoms with Crippen LogP contribution in [0.1, 0.15) is 32.1 Å². The van der Waals surface area contributed by atoms with Gasteiger partial charge in [0.25, 0.3) is 0 Å². The fraction of sp³-hybridized carbons (Fsp3) is 0.933. The molecule has 0 saturated heterocycles. The topological polar surface area (TPSA) is 89.8 Å². The van der Waals surface area contributed by atoms with Gasteiger partial charge in [-0.1, -0.05) is 0 Å². The molecule has 0 unspecified atom stereocenters. The fourth-order valence-corrected chi connectivity index (χ4v) is 4.97. The number of carbonyl (C=O) groups excluding carboxylic acids is 1. The van der Waals surface area contributed by atoms with Gasteiger partial charge < -0.3 is 20.6 Å².